The fraction of sp³-hybridized carbons (Fsp3) is 0.217. The van der Waals surface area contributed by atoms with Gasteiger partial charge in [0.2, 0.25) is 5.91 Å². The smallest absolute Gasteiger partial charge is 0.239 e. The molecular weight excluding hydrogens is 445 g/mol. The van der Waals surface area contributed by atoms with E-state index in [1.54, 1.807) is 18.2 Å². The zero-order chi connectivity index (χ0) is 22.1. The largest absolute Gasteiger partial charge is 0.301 e. The molecule has 0 unspecified atom stereocenters. The van der Waals surface area contributed by atoms with E-state index in [4.69, 9.17) is 0 Å². The van der Waals surface area contributed by atoms with Gasteiger partial charge in [-0.15, -0.1) is 21.5 Å². The summed E-state index contributed by atoms with van der Waals surface area (Å²) in [4.78, 5) is 17.3. The fourth-order valence-electron chi connectivity index (χ4n) is 3.34. The number of nitrogens with zero attached hydrogens (tertiary/aromatic N) is 4. The van der Waals surface area contributed by atoms with Gasteiger partial charge in [-0.2, -0.15) is 0 Å². The van der Waals surface area contributed by atoms with Crippen LogP contribution in [0.1, 0.15) is 25.8 Å². The van der Waals surface area contributed by atoms with Crippen molar-refractivity contribution in [3.05, 3.63) is 65.8 Å². The number of nitrogens with one attached hydrogen (secondary N) is 1. The first-order valence-electron chi connectivity index (χ1n) is 10.3. The van der Waals surface area contributed by atoms with Crippen LogP contribution >= 0.6 is 23.1 Å². The minimum Gasteiger partial charge on any atom is -0.301 e. The lowest BCUT2D eigenvalue weighted by molar-refractivity contribution is -0.115. The maximum absolute atomic E-state index is 14.3. The van der Waals surface area contributed by atoms with E-state index in [0.717, 1.165) is 24.1 Å². The van der Waals surface area contributed by atoms with E-state index in [9.17, 15) is 9.18 Å². The van der Waals surface area contributed by atoms with E-state index < -0.39 is 5.25 Å². The topological polar surface area (TPSA) is 72.7 Å². The van der Waals surface area contributed by atoms with E-state index in [0.29, 0.717) is 21.7 Å². The molecule has 1 fully saturated rings. The summed E-state index contributed by atoms with van der Waals surface area (Å²) >= 11 is 2.71. The summed E-state index contributed by atoms with van der Waals surface area (Å²) in [5, 5.41) is 14.1. The number of thiazole rings is 1. The number of aromatic nitrogens is 4. The molecule has 5 rings (SSSR count). The molecule has 32 heavy (non-hydrogen) atoms. The van der Waals surface area contributed by atoms with Crippen molar-refractivity contribution < 1.29 is 9.18 Å². The lowest BCUT2D eigenvalue weighted by Crippen LogP contribution is -2.22. The second-order valence-electron chi connectivity index (χ2n) is 7.54. The van der Waals surface area contributed by atoms with Crippen molar-refractivity contribution in [2.45, 2.75) is 36.2 Å². The van der Waals surface area contributed by atoms with Gasteiger partial charge in [-0.25, -0.2) is 9.37 Å². The average molecular weight is 466 g/mol. The maximum atomic E-state index is 14.3. The van der Waals surface area contributed by atoms with E-state index >= 15 is 0 Å². The van der Waals surface area contributed by atoms with Gasteiger partial charge in [0.1, 0.15) is 5.82 Å². The molecule has 162 valence electrons. The summed E-state index contributed by atoms with van der Waals surface area (Å²) in [6.07, 6.45) is 1.99. The number of amides is 1. The third-order valence-corrected chi connectivity index (χ3v) is 6.96. The van der Waals surface area contributed by atoms with Crippen LogP contribution in [0.25, 0.3) is 22.6 Å². The number of anilines is 1. The maximum Gasteiger partial charge on any atom is 0.239 e. The SMILES string of the molecule is C[C@H](Sc1nnc(-c2ccccc2F)n1C1CC1)C(=O)Nc1nc(-c2ccccc2)cs1. The van der Waals surface area contributed by atoms with Gasteiger partial charge in [0.25, 0.3) is 0 Å². The Labute approximate surface area is 192 Å². The highest BCUT2D eigenvalue weighted by atomic mass is 32.2. The number of benzene rings is 2. The first-order valence-corrected chi connectivity index (χ1v) is 12.0. The lowest BCUT2D eigenvalue weighted by Gasteiger charge is -2.12. The Morgan fingerprint density at radius 3 is 2.66 bits per heavy atom. The summed E-state index contributed by atoms with van der Waals surface area (Å²) in [5.41, 5.74) is 2.26. The first kappa shape index (κ1) is 20.8. The molecule has 1 N–H and O–H groups in total. The van der Waals surface area contributed by atoms with Gasteiger partial charge in [0.05, 0.1) is 16.5 Å². The second kappa shape index (κ2) is 8.84. The monoisotopic (exact) mass is 465 g/mol. The van der Waals surface area contributed by atoms with Crippen LogP contribution in [0.4, 0.5) is 9.52 Å². The van der Waals surface area contributed by atoms with Gasteiger partial charge >= 0.3 is 0 Å². The van der Waals surface area contributed by atoms with Crippen LogP contribution in [0, 0.1) is 5.82 Å². The molecule has 0 radical (unpaired) electrons. The zero-order valence-electron chi connectivity index (χ0n) is 17.2. The van der Waals surface area contributed by atoms with Crippen molar-refractivity contribution in [3.8, 4) is 22.6 Å². The lowest BCUT2D eigenvalue weighted by atomic mass is 10.2. The number of halogens is 1. The quantitative estimate of drug-likeness (QED) is 0.357. The second-order valence-corrected chi connectivity index (χ2v) is 9.71. The standard InChI is InChI=1S/C23H20FN5OS2/c1-14(21(30)26-22-25-19(13-31-22)15-7-3-2-4-8-15)32-23-28-27-20(29(23)16-11-12-16)17-9-5-6-10-18(17)24/h2-10,13-14,16H,11-12H2,1H3,(H,25,26,30)/t14-/m0/s1. The Kier molecular flexibility index (Phi) is 5.75. The minimum atomic E-state index is -0.422. The van der Waals surface area contributed by atoms with Crippen molar-refractivity contribution in [1.82, 2.24) is 19.7 Å². The zero-order valence-corrected chi connectivity index (χ0v) is 18.9. The molecule has 2 aromatic heterocycles. The Morgan fingerprint density at radius 2 is 1.91 bits per heavy atom. The number of hydrogen-bond donors (Lipinski definition) is 1. The molecular formula is C23H20FN5OS2. The van der Waals surface area contributed by atoms with Crippen molar-refractivity contribution in [3.63, 3.8) is 0 Å². The number of carbonyl (C=O) groups excluding carboxylic acids is 1. The van der Waals surface area contributed by atoms with E-state index in [-0.39, 0.29) is 17.8 Å². The summed E-state index contributed by atoms with van der Waals surface area (Å²) in [6, 6.07) is 16.6. The minimum absolute atomic E-state index is 0.165. The van der Waals surface area contributed by atoms with E-state index in [1.165, 1.54) is 29.2 Å². The van der Waals surface area contributed by atoms with Gasteiger partial charge in [-0.3, -0.25) is 9.36 Å². The molecule has 1 atom stereocenters. The van der Waals surface area contributed by atoms with Gasteiger partial charge in [0.15, 0.2) is 16.1 Å². The molecule has 4 aromatic rings. The first-order chi connectivity index (χ1) is 15.6. The highest BCUT2D eigenvalue weighted by molar-refractivity contribution is 8.00. The number of rotatable bonds is 7. The van der Waals surface area contributed by atoms with Crippen LogP contribution in [0.2, 0.25) is 0 Å². The summed E-state index contributed by atoms with van der Waals surface area (Å²) in [7, 11) is 0. The van der Waals surface area contributed by atoms with Crippen molar-refractivity contribution in [2.75, 3.05) is 5.32 Å². The molecule has 2 aromatic carbocycles. The van der Waals surface area contributed by atoms with Gasteiger partial charge in [-0.05, 0) is 31.9 Å². The predicted octanol–water partition coefficient (Wildman–Crippen LogP) is 5.66. The molecule has 1 aliphatic rings. The highest BCUT2D eigenvalue weighted by Gasteiger charge is 2.32. The summed E-state index contributed by atoms with van der Waals surface area (Å²) in [5.74, 6) is 0.0111. The van der Waals surface area contributed by atoms with Crippen LogP contribution in [0.3, 0.4) is 0 Å². The van der Waals surface area contributed by atoms with Gasteiger partial charge in [-0.1, -0.05) is 54.2 Å². The van der Waals surface area contributed by atoms with Crippen molar-refractivity contribution in [2.24, 2.45) is 0 Å². The number of carbonyl (C=O) groups is 1. The van der Waals surface area contributed by atoms with Crippen LogP contribution in [-0.4, -0.2) is 30.9 Å². The fourth-order valence-corrected chi connectivity index (χ4v) is 4.98. The molecule has 6 nitrogen and oxygen atoms in total. The van der Waals surface area contributed by atoms with Crippen LogP contribution < -0.4 is 5.32 Å². The normalized spacial score (nSPS) is 14.3. The molecule has 0 bridgehead atoms. The molecule has 0 saturated heterocycles. The molecule has 1 saturated carbocycles. The van der Waals surface area contributed by atoms with Gasteiger partial charge < -0.3 is 5.32 Å². The van der Waals surface area contributed by atoms with Crippen LogP contribution in [0.5, 0.6) is 0 Å². The molecule has 1 aliphatic carbocycles. The number of hydrogen-bond acceptors (Lipinski definition) is 6. The Balaban J connectivity index is 1.31. The third-order valence-electron chi connectivity index (χ3n) is 5.15. The summed E-state index contributed by atoms with van der Waals surface area (Å²) < 4.78 is 16.3. The molecule has 9 heteroatoms. The highest BCUT2D eigenvalue weighted by Crippen LogP contribution is 2.42. The van der Waals surface area contributed by atoms with Crippen molar-refractivity contribution >= 4 is 34.1 Å². The predicted molar refractivity (Wildman–Crippen MR) is 125 cm³/mol. The Bertz CT molecular complexity index is 1250. The van der Waals surface area contributed by atoms with Crippen molar-refractivity contribution in [1.29, 1.82) is 0 Å². The third kappa shape index (κ3) is 4.31. The molecule has 1 amide bonds. The van der Waals surface area contributed by atoms with E-state index in [2.05, 4.69) is 20.5 Å². The van der Waals surface area contributed by atoms with E-state index in [1.807, 2.05) is 47.2 Å². The van der Waals surface area contributed by atoms with Crippen LogP contribution in [-0.2, 0) is 4.79 Å². The Morgan fingerprint density at radius 1 is 1.16 bits per heavy atom. The van der Waals surface area contributed by atoms with Crippen LogP contribution in [0.15, 0.2) is 65.1 Å². The number of thioether (sulfide) groups is 1. The molecule has 2 heterocycles. The van der Waals surface area contributed by atoms with Gasteiger partial charge in [0, 0.05) is 17.0 Å². The Hall–Kier alpha value is -3.04. The average Bonchev–Trinajstić information content (AvgIpc) is 3.39. The molecule has 0 aliphatic heterocycles. The summed E-state index contributed by atoms with van der Waals surface area (Å²) in [6.45, 7) is 1.82. The molecule has 0 spiro atoms.